The summed E-state index contributed by atoms with van der Waals surface area (Å²) in [5.74, 6) is 1.03. The highest BCUT2D eigenvalue weighted by Crippen LogP contribution is 2.36. The van der Waals surface area contributed by atoms with Gasteiger partial charge in [0.25, 0.3) is 0 Å². The molecule has 0 radical (unpaired) electrons. The Morgan fingerprint density at radius 2 is 1.97 bits per heavy atom. The van der Waals surface area contributed by atoms with E-state index in [2.05, 4.69) is 28.3 Å². The van der Waals surface area contributed by atoms with Crippen LogP contribution in [-0.4, -0.2) is 44.2 Å². The first-order chi connectivity index (χ1) is 14.5. The van der Waals surface area contributed by atoms with Gasteiger partial charge in [0.2, 0.25) is 9.84 Å². The summed E-state index contributed by atoms with van der Waals surface area (Å²) in [4.78, 5) is 8.02. The summed E-state index contributed by atoms with van der Waals surface area (Å²) in [7, 11) is -3.78. The predicted molar refractivity (Wildman–Crippen MR) is 114 cm³/mol. The van der Waals surface area contributed by atoms with E-state index in [1.165, 1.54) is 5.57 Å². The molecule has 0 fully saturated rings. The Labute approximate surface area is 175 Å². The lowest BCUT2D eigenvalue weighted by Gasteiger charge is -2.20. The fraction of sp³-hybridized carbons (Fsp3) is 0.318. The lowest BCUT2D eigenvalue weighted by atomic mass is 9.97. The summed E-state index contributed by atoms with van der Waals surface area (Å²) < 4.78 is 38.3. The van der Waals surface area contributed by atoms with E-state index in [1.54, 1.807) is 30.5 Å². The van der Waals surface area contributed by atoms with Crippen molar-refractivity contribution in [1.82, 2.24) is 15.3 Å². The molecule has 2 aliphatic heterocycles. The van der Waals surface area contributed by atoms with E-state index >= 15 is 0 Å². The van der Waals surface area contributed by atoms with Crippen LogP contribution in [0.25, 0.3) is 16.6 Å². The fourth-order valence-corrected chi connectivity index (χ4v) is 5.42. The number of benzene rings is 1. The zero-order valence-electron chi connectivity index (χ0n) is 16.6. The van der Waals surface area contributed by atoms with Gasteiger partial charge in [0.15, 0.2) is 11.5 Å². The van der Waals surface area contributed by atoms with Crippen molar-refractivity contribution in [3.05, 3.63) is 48.3 Å². The number of hydrogen-bond donors (Lipinski definition) is 2. The number of fused-ring (bicyclic) bond motifs is 2. The third-order valence-electron chi connectivity index (χ3n) is 5.53. The minimum atomic E-state index is -3.78. The second kappa shape index (κ2) is 7.45. The number of aromatic nitrogens is 2. The van der Waals surface area contributed by atoms with Gasteiger partial charge in [-0.05, 0) is 37.1 Å². The smallest absolute Gasteiger partial charge is 0.208 e. The highest BCUT2D eigenvalue weighted by Gasteiger charge is 2.26. The SMILES string of the molecule is CC1CC(c2c[nH]c3c(S(=O)(=O)c4ccc5c(c4)OCCCO5)ccnc23)=CCN1. The van der Waals surface area contributed by atoms with Gasteiger partial charge in [0, 0.05) is 43.0 Å². The molecule has 1 atom stereocenters. The molecule has 0 spiro atoms. The minimum absolute atomic E-state index is 0.171. The molecule has 2 N–H and O–H groups in total. The number of H-pyrrole nitrogens is 1. The molecule has 5 rings (SSSR count). The first-order valence-corrected chi connectivity index (χ1v) is 11.6. The Balaban J connectivity index is 1.59. The summed E-state index contributed by atoms with van der Waals surface area (Å²) >= 11 is 0. The Kier molecular flexibility index (Phi) is 4.75. The monoisotopic (exact) mass is 425 g/mol. The molecule has 156 valence electrons. The molecule has 0 aliphatic carbocycles. The maximum absolute atomic E-state index is 13.5. The predicted octanol–water partition coefficient (Wildman–Crippen LogP) is 3.32. The molecule has 1 aromatic carbocycles. The first kappa shape index (κ1) is 19.1. The molecule has 2 aromatic heterocycles. The first-order valence-electron chi connectivity index (χ1n) is 10.1. The number of sulfone groups is 1. The Bertz CT molecular complexity index is 1250. The van der Waals surface area contributed by atoms with Gasteiger partial charge in [-0.15, -0.1) is 0 Å². The fourth-order valence-electron chi connectivity index (χ4n) is 4.00. The quantitative estimate of drug-likeness (QED) is 0.669. The van der Waals surface area contributed by atoms with E-state index in [1.807, 2.05) is 6.20 Å². The molecule has 30 heavy (non-hydrogen) atoms. The third-order valence-corrected chi connectivity index (χ3v) is 7.33. The maximum atomic E-state index is 13.5. The van der Waals surface area contributed by atoms with Gasteiger partial charge in [-0.2, -0.15) is 0 Å². The second-order valence-electron chi connectivity index (χ2n) is 7.64. The van der Waals surface area contributed by atoms with Gasteiger partial charge in [0.1, 0.15) is 0 Å². The van der Waals surface area contributed by atoms with Crippen molar-refractivity contribution < 1.29 is 17.9 Å². The molecule has 3 aromatic rings. The highest BCUT2D eigenvalue weighted by molar-refractivity contribution is 7.91. The number of hydrogen-bond acceptors (Lipinski definition) is 6. The van der Waals surface area contributed by atoms with Crippen LogP contribution in [0.1, 0.15) is 25.3 Å². The van der Waals surface area contributed by atoms with E-state index in [9.17, 15) is 8.42 Å². The van der Waals surface area contributed by atoms with E-state index in [0.29, 0.717) is 41.8 Å². The molecule has 8 heteroatoms. The molecule has 2 aliphatic rings. The standard InChI is InChI=1S/C22H23N3O4S/c1-14-11-15(5-7-23-14)17-13-25-22-20(6-8-24-21(17)22)30(26,27)16-3-4-18-19(12-16)29-10-2-9-28-18/h3-6,8,12-14,23,25H,2,7,9-11H2,1H3. The van der Waals surface area contributed by atoms with Gasteiger partial charge in [0.05, 0.1) is 34.0 Å². The topological polar surface area (TPSA) is 93.3 Å². The summed E-state index contributed by atoms with van der Waals surface area (Å²) in [6.45, 7) is 3.98. The van der Waals surface area contributed by atoms with Crippen LogP contribution in [0.2, 0.25) is 0 Å². The number of ether oxygens (including phenoxy) is 2. The van der Waals surface area contributed by atoms with Crippen molar-refractivity contribution in [2.24, 2.45) is 0 Å². The van der Waals surface area contributed by atoms with E-state index in [-0.39, 0.29) is 9.79 Å². The van der Waals surface area contributed by atoms with Crippen molar-refractivity contribution in [1.29, 1.82) is 0 Å². The highest BCUT2D eigenvalue weighted by atomic mass is 32.2. The lowest BCUT2D eigenvalue weighted by molar-refractivity contribution is 0.297. The van der Waals surface area contributed by atoms with Crippen molar-refractivity contribution in [3.63, 3.8) is 0 Å². The van der Waals surface area contributed by atoms with Crippen LogP contribution in [0.15, 0.2) is 52.5 Å². The molecule has 0 saturated heterocycles. The maximum Gasteiger partial charge on any atom is 0.208 e. The second-order valence-corrected chi connectivity index (χ2v) is 9.56. The molecule has 0 bridgehead atoms. The average Bonchev–Trinajstić information content (AvgIpc) is 3.04. The molecule has 1 unspecified atom stereocenters. The van der Waals surface area contributed by atoms with Gasteiger partial charge >= 0.3 is 0 Å². The number of nitrogens with zero attached hydrogens (tertiary/aromatic N) is 1. The Morgan fingerprint density at radius 3 is 2.80 bits per heavy atom. The molecule has 7 nitrogen and oxygen atoms in total. The van der Waals surface area contributed by atoms with E-state index in [4.69, 9.17) is 9.47 Å². The van der Waals surface area contributed by atoms with Crippen molar-refractivity contribution >= 4 is 26.4 Å². The minimum Gasteiger partial charge on any atom is -0.490 e. The summed E-state index contributed by atoms with van der Waals surface area (Å²) in [5, 5.41) is 3.38. The van der Waals surface area contributed by atoms with Gasteiger partial charge in [-0.25, -0.2) is 8.42 Å². The van der Waals surface area contributed by atoms with Crippen LogP contribution in [0.5, 0.6) is 11.5 Å². The van der Waals surface area contributed by atoms with Crippen LogP contribution in [0, 0.1) is 0 Å². The van der Waals surface area contributed by atoms with Crippen molar-refractivity contribution in [2.45, 2.75) is 35.6 Å². The van der Waals surface area contributed by atoms with Crippen molar-refractivity contribution in [3.8, 4) is 11.5 Å². The summed E-state index contributed by atoms with van der Waals surface area (Å²) in [6.07, 6.45) is 7.18. The van der Waals surface area contributed by atoms with Crippen LogP contribution in [0.3, 0.4) is 0 Å². The van der Waals surface area contributed by atoms with Crippen LogP contribution >= 0.6 is 0 Å². The van der Waals surface area contributed by atoms with Crippen molar-refractivity contribution in [2.75, 3.05) is 19.8 Å². The van der Waals surface area contributed by atoms with Crippen LogP contribution in [0.4, 0.5) is 0 Å². The largest absolute Gasteiger partial charge is 0.490 e. The van der Waals surface area contributed by atoms with E-state index < -0.39 is 9.84 Å². The lowest BCUT2D eigenvalue weighted by Crippen LogP contribution is -2.29. The molecule has 0 saturated carbocycles. The third kappa shape index (κ3) is 3.26. The zero-order chi connectivity index (χ0) is 20.7. The van der Waals surface area contributed by atoms with E-state index in [0.717, 1.165) is 24.9 Å². The Morgan fingerprint density at radius 1 is 1.13 bits per heavy atom. The Hall–Kier alpha value is -2.84. The van der Waals surface area contributed by atoms with Crippen LogP contribution < -0.4 is 14.8 Å². The normalized spacial score (nSPS) is 19.4. The molecule has 0 amide bonds. The number of pyridine rings is 1. The van der Waals surface area contributed by atoms with Crippen LogP contribution in [-0.2, 0) is 9.84 Å². The summed E-state index contributed by atoms with van der Waals surface area (Å²) in [5.41, 5.74) is 3.32. The van der Waals surface area contributed by atoms with Gasteiger partial charge < -0.3 is 19.8 Å². The average molecular weight is 426 g/mol. The number of rotatable bonds is 3. The molecular weight excluding hydrogens is 402 g/mol. The molecular formula is C22H23N3O4S. The van der Waals surface area contributed by atoms with Gasteiger partial charge in [-0.3, -0.25) is 4.98 Å². The molecule has 4 heterocycles. The number of nitrogens with one attached hydrogen (secondary N) is 2. The zero-order valence-corrected chi connectivity index (χ0v) is 17.5. The number of aromatic amines is 1. The summed E-state index contributed by atoms with van der Waals surface area (Å²) in [6, 6.07) is 6.68. The van der Waals surface area contributed by atoms with Gasteiger partial charge in [-0.1, -0.05) is 6.08 Å².